The molecule has 3 fully saturated rings. The summed E-state index contributed by atoms with van der Waals surface area (Å²) in [4.78, 5) is 61.5. The molecule has 6 aromatic carbocycles. The van der Waals surface area contributed by atoms with Gasteiger partial charge in [-0.15, -0.1) is 0 Å². The second-order valence-electron chi connectivity index (χ2n) is 17.6. The maximum Gasteiger partial charge on any atom is 0.260 e. The summed E-state index contributed by atoms with van der Waals surface area (Å²) < 4.78 is 17.1. The van der Waals surface area contributed by atoms with E-state index in [-0.39, 0.29) is 37.0 Å². The average Bonchev–Trinajstić information content (AvgIpc) is 3.74. The number of aryl methyl sites for hydroxylation is 1. The summed E-state index contributed by atoms with van der Waals surface area (Å²) in [5.74, 6) is -3.93. The number of hydrazine groups is 1. The van der Waals surface area contributed by atoms with E-state index in [0.717, 1.165) is 32.8 Å². The number of nitrogens with zero attached hydrogens (tertiary/aromatic N) is 2. The predicted octanol–water partition coefficient (Wildman–Crippen LogP) is 9.66. The Morgan fingerprint density at radius 2 is 1.45 bits per heavy atom. The lowest BCUT2D eigenvalue weighted by molar-refractivity contribution is -0.138. The maximum atomic E-state index is 15.6. The highest BCUT2D eigenvalue weighted by Gasteiger charge is 2.70. The number of fused-ring (bicyclic) bond motifs is 4. The Labute approximate surface area is 388 Å². The zero-order valence-electron chi connectivity index (χ0n) is 37.3. The van der Waals surface area contributed by atoms with Gasteiger partial charge in [0.2, 0.25) is 11.8 Å². The van der Waals surface area contributed by atoms with Crippen molar-refractivity contribution >= 4 is 47.2 Å². The van der Waals surface area contributed by atoms with E-state index in [0.29, 0.717) is 39.8 Å². The predicted molar refractivity (Wildman–Crippen MR) is 255 cm³/mol. The first kappa shape index (κ1) is 43.0. The van der Waals surface area contributed by atoms with E-state index >= 15 is 9.59 Å². The molecule has 2 heterocycles. The van der Waals surface area contributed by atoms with E-state index in [1.54, 1.807) is 44.6 Å². The molecule has 0 radical (unpaired) electrons. The van der Waals surface area contributed by atoms with Crippen LogP contribution in [0.1, 0.15) is 52.1 Å². The molecule has 6 unspecified atom stereocenters. The summed E-state index contributed by atoms with van der Waals surface area (Å²) in [6.45, 7) is 2.23. The number of aromatic hydroxyl groups is 1. The maximum absolute atomic E-state index is 15.6. The SMILES string of the molecule is COc1ccc(OC)c(C=Cc2ccc(N3C(=O)C4CC=C5C(CC6C(=O)N(Nc7ccc(C)cc7)C(=O)C6(c6ccccc6)C5c5ccc(OCc6ccccc6)cc5O)C4C3=O)cc2)c1. The first-order chi connectivity index (χ1) is 32.6. The highest BCUT2D eigenvalue weighted by molar-refractivity contribution is 6.22. The molecule has 2 saturated heterocycles. The number of benzene rings is 6. The molecule has 4 amide bonds. The van der Waals surface area contributed by atoms with E-state index in [1.807, 2.05) is 140 Å². The lowest BCUT2D eigenvalue weighted by atomic mass is 9.49. The Bertz CT molecular complexity index is 2950. The van der Waals surface area contributed by atoms with Crippen molar-refractivity contribution in [1.29, 1.82) is 0 Å². The number of carbonyl (C=O) groups excluding carboxylic acids is 4. The van der Waals surface area contributed by atoms with E-state index < -0.39 is 46.8 Å². The van der Waals surface area contributed by atoms with Crippen LogP contribution < -0.4 is 24.5 Å². The Morgan fingerprint density at radius 1 is 0.731 bits per heavy atom. The summed E-state index contributed by atoms with van der Waals surface area (Å²) in [5, 5.41) is 13.3. The second kappa shape index (κ2) is 17.5. The van der Waals surface area contributed by atoms with E-state index in [4.69, 9.17) is 14.2 Å². The highest BCUT2D eigenvalue weighted by Crippen LogP contribution is 2.65. The molecule has 4 aliphatic rings. The second-order valence-corrected chi connectivity index (χ2v) is 17.6. The van der Waals surface area contributed by atoms with Crippen LogP contribution in [0.5, 0.6) is 23.0 Å². The van der Waals surface area contributed by atoms with Gasteiger partial charge in [0, 0.05) is 23.1 Å². The monoisotopic (exact) mass is 891 g/mol. The number of ether oxygens (including phenoxy) is 3. The molecule has 2 aliphatic carbocycles. The van der Waals surface area contributed by atoms with Crippen molar-refractivity contribution in [1.82, 2.24) is 5.01 Å². The number of anilines is 2. The number of methoxy groups -OCH3 is 2. The third-order valence-electron chi connectivity index (χ3n) is 14.0. The molecule has 0 bridgehead atoms. The smallest absolute Gasteiger partial charge is 0.260 e. The number of nitrogens with one attached hydrogen (secondary N) is 1. The van der Waals surface area contributed by atoms with Crippen molar-refractivity contribution in [3.8, 4) is 23.0 Å². The number of imide groups is 2. The molecular formula is C56H49N3O8. The number of rotatable bonds is 12. The van der Waals surface area contributed by atoms with Crippen LogP contribution in [0.4, 0.5) is 11.4 Å². The van der Waals surface area contributed by atoms with Gasteiger partial charge in [-0.1, -0.05) is 120 Å². The van der Waals surface area contributed by atoms with Crippen molar-refractivity contribution in [2.24, 2.45) is 23.7 Å². The van der Waals surface area contributed by atoms with Crippen LogP contribution in [-0.4, -0.2) is 48.0 Å². The first-order valence-corrected chi connectivity index (χ1v) is 22.5. The summed E-state index contributed by atoms with van der Waals surface area (Å²) in [7, 11) is 3.21. The van der Waals surface area contributed by atoms with Crippen LogP contribution in [0.25, 0.3) is 12.2 Å². The lowest BCUT2D eigenvalue weighted by Gasteiger charge is -2.50. The quantitative estimate of drug-likeness (QED) is 0.0700. The normalized spacial score (nSPS) is 23.1. The summed E-state index contributed by atoms with van der Waals surface area (Å²) >= 11 is 0. The zero-order chi connectivity index (χ0) is 46.4. The molecule has 67 heavy (non-hydrogen) atoms. The fourth-order valence-electron chi connectivity index (χ4n) is 10.8. The van der Waals surface area contributed by atoms with Crippen molar-refractivity contribution < 1.29 is 38.5 Å². The van der Waals surface area contributed by atoms with Gasteiger partial charge >= 0.3 is 0 Å². The van der Waals surface area contributed by atoms with Gasteiger partial charge in [-0.05, 0) is 90.9 Å². The van der Waals surface area contributed by atoms with E-state index in [2.05, 4.69) is 5.43 Å². The number of phenolic OH excluding ortho intramolecular Hbond substituents is 1. The van der Waals surface area contributed by atoms with Crippen LogP contribution in [0.2, 0.25) is 0 Å². The van der Waals surface area contributed by atoms with Crippen molar-refractivity contribution in [3.63, 3.8) is 0 Å². The van der Waals surface area contributed by atoms with Gasteiger partial charge in [0.1, 0.15) is 29.6 Å². The topological polar surface area (TPSA) is 135 Å². The average molecular weight is 892 g/mol. The molecule has 0 aromatic heterocycles. The third kappa shape index (κ3) is 7.40. The molecule has 336 valence electrons. The van der Waals surface area contributed by atoms with Crippen LogP contribution in [0.15, 0.2) is 157 Å². The Morgan fingerprint density at radius 3 is 2.15 bits per heavy atom. The molecule has 6 aromatic rings. The summed E-state index contributed by atoms with van der Waals surface area (Å²) in [6.07, 6.45) is 6.17. The summed E-state index contributed by atoms with van der Waals surface area (Å²) in [6, 6.07) is 44.2. The van der Waals surface area contributed by atoms with Crippen LogP contribution >= 0.6 is 0 Å². The van der Waals surface area contributed by atoms with Gasteiger partial charge in [-0.25, -0.2) is 0 Å². The van der Waals surface area contributed by atoms with Crippen molar-refractivity contribution in [3.05, 3.63) is 191 Å². The van der Waals surface area contributed by atoms with Gasteiger partial charge in [-0.3, -0.25) is 29.5 Å². The molecule has 1 saturated carbocycles. The number of hydrogen-bond donors (Lipinski definition) is 2. The fraction of sp³-hybridized carbons (Fsp3) is 0.214. The van der Waals surface area contributed by atoms with E-state index in [1.165, 1.54) is 4.90 Å². The van der Waals surface area contributed by atoms with Gasteiger partial charge in [0.15, 0.2) is 0 Å². The van der Waals surface area contributed by atoms with Gasteiger partial charge < -0.3 is 19.3 Å². The molecule has 11 nitrogen and oxygen atoms in total. The molecule has 0 spiro atoms. The molecule has 6 atom stereocenters. The minimum absolute atomic E-state index is 0.118. The van der Waals surface area contributed by atoms with Crippen LogP contribution in [-0.2, 0) is 31.2 Å². The number of carbonyl (C=O) groups is 4. The minimum atomic E-state index is -1.54. The Kier molecular flexibility index (Phi) is 11.2. The zero-order valence-corrected chi connectivity index (χ0v) is 37.3. The number of hydrogen-bond acceptors (Lipinski definition) is 9. The van der Waals surface area contributed by atoms with Crippen LogP contribution in [0, 0.1) is 30.6 Å². The van der Waals surface area contributed by atoms with Crippen molar-refractivity contribution in [2.75, 3.05) is 24.5 Å². The third-order valence-corrected chi connectivity index (χ3v) is 14.0. The molecule has 2 aliphatic heterocycles. The molecule has 10 rings (SSSR count). The standard InChI is InChI=1S/C56H49N3O8/c1-34-14-20-39(21-15-34)57-59-53(62)47-32-46-43(51(56(47,55(59)64)38-12-8-5-9-13-38)44-26-24-42(31-48(44)60)67-33-36-10-6-4-7-11-36)27-28-45-50(46)54(63)58(52(45)61)40-22-17-35(18-23-40)16-19-37-30-41(65-2)25-29-49(37)66-3/h4-27,29-31,45-47,50-51,57,60H,28,32-33H2,1-3H3. The Balaban J connectivity index is 1.03. The molecule has 11 heteroatoms. The van der Waals surface area contributed by atoms with Crippen LogP contribution in [0.3, 0.4) is 0 Å². The highest BCUT2D eigenvalue weighted by atomic mass is 16.5. The minimum Gasteiger partial charge on any atom is -0.508 e. The lowest BCUT2D eigenvalue weighted by Crippen LogP contribution is -2.53. The number of allylic oxidation sites excluding steroid dienone is 2. The van der Waals surface area contributed by atoms with Gasteiger partial charge in [0.05, 0.1) is 48.8 Å². The number of phenols is 1. The van der Waals surface area contributed by atoms with Gasteiger partial charge in [-0.2, -0.15) is 5.01 Å². The van der Waals surface area contributed by atoms with E-state index in [9.17, 15) is 14.7 Å². The Hall–Kier alpha value is -7.92. The summed E-state index contributed by atoms with van der Waals surface area (Å²) in [5.41, 5.74) is 7.98. The molecule has 2 N–H and O–H groups in total. The first-order valence-electron chi connectivity index (χ1n) is 22.5. The van der Waals surface area contributed by atoms with Gasteiger partial charge in [0.25, 0.3) is 11.8 Å². The number of amides is 4. The fourth-order valence-corrected chi connectivity index (χ4v) is 10.8. The molecular weight excluding hydrogens is 843 g/mol. The van der Waals surface area contributed by atoms with Crippen molar-refractivity contribution in [2.45, 2.75) is 37.7 Å². The largest absolute Gasteiger partial charge is 0.508 e.